The van der Waals surface area contributed by atoms with Crippen molar-refractivity contribution < 1.29 is 4.79 Å². The number of nitrogens with one attached hydrogen (secondary N) is 2. The smallest absolute Gasteiger partial charge is 0.259 e. The van der Waals surface area contributed by atoms with E-state index in [0.29, 0.717) is 0 Å². The molecule has 4 nitrogen and oxygen atoms in total. The monoisotopic (exact) mass is 309 g/mol. The van der Waals surface area contributed by atoms with Gasteiger partial charge in [-0.25, -0.2) is 5.43 Å². The van der Waals surface area contributed by atoms with Gasteiger partial charge in [0.05, 0.1) is 12.8 Å². The molecule has 0 saturated carbocycles. The SMILES string of the molecule is Cc1ccc(NCC(=O)N/N=C/c2c(C)cc(C)cc2C)cc1. The molecule has 1 amide bonds. The normalized spacial score (nSPS) is 10.8. The van der Waals surface area contributed by atoms with E-state index in [1.165, 1.54) is 11.1 Å². The minimum atomic E-state index is -0.177. The molecule has 0 fully saturated rings. The van der Waals surface area contributed by atoms with Crippen molar-refractivity contribution in [1.29, 1.82) is 0 Å². The zero-order valence-electron chi connectivity index (χ0n) is 14.1. The van der Waals surface area contributed by atoms with Crippen molar-refractivity contribution >= 4 is 17.8 Å². The van der Waals surface area contributed by atoms with Crippen LogP contribution in [0, 0.1) is 27.7 Å². The first-order chi connectivity index (χ1) is 11.0. The van der Waals surface area contributed by atoms with Crippen molar-refractivity contribution in [2.24, 2.45) is 5.10 Å². The molecular weight excluding hydrogens is 286 g/mol. The Morgan fingerprint density at radius 1 is 1.00 bits per heavy atom. The molecule has 23 heavy (non-hydrogen) atoms. The van der Waals surface area contributed by atoms with E-state index < -0.39 is 0 Å². The highest BCUT2D eigenvalue weighted by Gasteiger charge is 2.02. The number of hydrogen-bond acceptors (Lipinski definition) is 3. The second kappa shape index (κ2) is 7.58. The van der Waals surface area contributed by atoms with Crippen LogP contribution in [0.2, 0.25) is 0 Å². The number of benzene rings is 2. The van der Waals surface area contributed by atoms with Gasteiger partial charge in [-0.1, -0.05) is 35.4 Å². The number of carbonyl (C=O) groups excluding carboxylic acids is 1. The zero-order chi connectivity index (χ0) is 16.8. The highest BCUT2D eigenvalue weighted by atomic mass is 16.2. The second-order valence-electron chi connectivity index (χ2n) is 5.83. The van der Waals surface area contributed by atoms with Crippen molar-refractivity contribution in [2.75, 3.05) is 11.9 Å². The van der Waals surface area contributed by atoms with E-state index >= 15 is 0 Å². The van der Waals surface area contributed by atoms with Crippen LogP contribution in [-0.2, 0) is 4.79 Å². The molecular formula is C19H23N3O. The maximum absolute atomic E-state index is 11.8. The lowest BCUT2D eigenvalue weighted by Gasteiger charge is -2.07. The van der Waals surface area contributed by atoms with Gasteiger partial charge in [-0.2, -0.15) is 5.10 Å². The van der Waals surface area contributed by atoms with Gasteiger partial charge < -0.3 is 5.32 Å². The van der Waals surface area contributed by atoms with Gasteiger partial charge in [-0.15, -0.1) is 0 Å². The average Bonchev–Trinajstić information content (AvgIpc) is 2.49. The number of carbonyl (C=O) groups is 1. The van der Waals surface area contributed by atoms with Crippen molar-refractivity contribution in [1.82, 2.24) is 5.43 Å². The minimum Gasteiger partial charge on any atom is -0.376 e. The number of anilines is 1. The number of rotatable bonds is 5. The molecule has 0 aromatic heterocycles. The van der Waals surface area contributed by atoms with Crippen LogP contribution in [0.1, 0.15) is 27.8 Å². The van der Waals surface area contributed by atoms with Gasteiger partial charge in [0.2, 0.25) is 0 Å². The molecule has 120 valence electrons. The quantitative estimate of drug-likeness (QED) is 0.656. The number of hydrazone groups is 1. The standard InChI is InChI=1S/C19H23N3O/c1-13-5-7-17(8-6-13)20-12-19(23)22-21-11-18-15(3)9-14(2)10-16(18)4/h5-11,20H,12H2,1-4H3,(H,22,23)/b21-11+. The second-order valence-corrected chi connectivity index (χ2v) is 5.83. The van der Waals surface area contributed by atoms with Crippen LogP contribution in [0.25, 0.3) is 0 Å². The fourth-order valence-corrected chi connectivity index (χ4v) is 2.46. The van der Waals surface area contributed by atoms with Gasteiger partial charge in [-0.3, -0.25) is 4.79 Å². The van der Waals surface area contributed by atoms with E-state index in [-0.39, 0.29) is 12.5 Å². The van der Waals surface area contributed by atoms with Gasteiger partial charge in [0, 0.05) is 11.3 Å². The summed E-state index contributed by atoms with van der Waals surface area (Å²) in [6.45, 7) is 8.37. The summed E-state index contributed by atoms with van der Waals surface area (Å²) in [5, 5.41) is 7.12. The van der Waals surface area contributed by atoms with E-state index in [9.17, 15) is 4.79 Å². The van der Waals surface area contributed by atoms with E-state index in [1.54, 1.807) is 6.21 Å². The van der Waals surface area contributed by atoms with Crippen LogP contribution in [0.5, 0.6) is 0 Å². The highest BCUT2D eigenvalue weighted by molar-refractivity contribution is 5.86. The number of nitrogens with zero attached hydrogens (tertiary/aromatic N) is 1. The summed E-state index contributed by atoms with van der Waals surface area (Å²) in [6, 6.07) is 12.1. The largest absolute Gasteiger partial charge is 0.376 e. The van der Waals surface area contributed by atoms with Crippen LogP contribution in [0.15, 0.2) is 41.5 Å². The molecule has 0 radical (unpaired) electrons. The lowest BCUT2D eigenvalue weighted by molar-refractivity contribution is -0.119. The molecule has 0 saturated heterocycles. The molecule has 2 rings (SSSR count). The topological polar surface area (TPSA) is 53.5 Å². The van der Waals surface area contributed by atoms with Gasteiger partial charge in [0.25, 0.3) is 5.91 Å². The third-order valence-corrected chi connectivity index (χ3v) is 3.63. The Kier molecular flexibility index (Phi) is 5.52. The first-order valence-electron chi connectivity index (χ1n) is 7.66. The van der Waals surface area contributed by atoms with Crippen LogP contribution in [0.3, 0.4) is 0 Å². The lowest BCUT2D eigenvalue weighted by atomic mass is 10.0. The van der Waals surface area contributed by atoms with Crippen LogP contribution in [-0.4, -0.2) is 18.7 Å². The summed E-state index contributed by atoms with van der Waals surface area (Å²) in [4.78, 5) is 11.8. The van der Waals surface area contributed by atoms with Crippen LogP contribution < -0.4 is 10.7 Å². The molecule has 0 bridgehead atoms. The molecule has 2 aromatic carbocycles. The van der Waals surface area contributed by atoms with Crippen LogP contribution in [0.4, 0.5) is 5.69 Å². The molecule has 0 spiro atoms. The summed E-state index contributed by atoms with van der Waals surface area (Å²) in [5.74, 6) is -0.177. The van der Waals surface area contributed by atoms with E-state index in [2.05, 4.69) is 34.9 Å². The molecule has 0 atom stereocenters. The third kappa shape index (κ3) is 4.95. The first-order valence-corrected chi connectivity index (χ1v) is 7.66. The lowest BCUT2D eigenvalue weighted by Crippen LogP contribution is -2.25. The number of aryl methyl sites for hydroxylation is 4. The Labute approximate surface area is 137 Å². The number of amides is 1. The Hall–Kier alpha value is -2.62. The van der Waals surface area contributed by atoms with E-state index in [0.717, 1.165) is 22.4 Å². The molecule has 0 aliphatic rings. The molecule has 2 aromatic rings. The summed E-state index contributed by atoms with van der Waals surface area (Å²) in [7, 11) is 0. The predicted molar refractivity (Wildman–Crippen MR) is 96.1 cm³/mol. The van der Waals surface area contributed by atoms with Gasteiger partial charge in [0.1, 0.15) is 0 Å². The molecule has 0 aliphatic heterocycles. The van der Waals surface area contributed by atoms with Gasteiger partial charge >= 0.3 is 0 Å². The highest BCUT2D eigenvalue weighted by Crippen LogP contribution is 2.14. The summed E-state index contributed by atoms with van der Waals surface area (Å²) in [6.07, 6.45) is 1.70. The molecule has 0 heterocycles. The average molecular weight is 309 g/mol. The van der Waals surface area contributed by atoms with E-state index in [1.807, 2.05) is 45.0 Å². The molecule has 0 unspecified atom stereocenters. The summed E-state index contributed by atoms with van der Waals surface area (Å²) >= 11 is 0. The number of hydrogen-bond donors (Lipinski definition) is 2. The third-order valence-electron chi connectivity index (χ3n) is 3.63. The van der Waals surface area contributed by atoms with Crippen molar-refractivity contribution in [3.05, 3.63) is 64.2 Å². The predicted octanol–water partition coefficient (Wildman–Crippen LogP) is 3.48. The maximum atomic E-state index is 11.8. The fraction of sp³-hybridized carbons (Fsp3) is 0.263. The Morgan fingerprint density at radius 3 is 2.22 bits per heavy atom. The van der Waals surface area contributed by atoms with E-state index in [4.69, 9.17) is 0 Å². The Morgan fingerprint density at radius 2 is 1.61 bits per heavy atom. The fourth-order valence-electron chi connectivity index (χ4n) is 2.46. The first kappa shape index (κ1) is 16.7. The molecule has 0 aliphatic carbocycles. The Bertz CT molecular complexity index is 695. The van der Waals surface area contributed by atoms with Crippen molar-refractivity contribution in [3.8, 4) is 0 Å². The maximum Gasteiger partial charge on any atom is 0.259 e. The van der Waals surface area contributed by atoms with Gasteiger partial charge in [0.15, 0.2) is 0 Å². The Balaban J connectivity index is 1.88. The van der Waals surface area contributed by atoms with Gasteiger partial charge in [-0.05, 0) is 51.0 Å². The van der Waals surface area contributed by atoms with Crippen molar-refractivity contribution in [3.63, 3.8) is 0 Å². The summed E-state index contributed by atoms with van der Waals surface area (Å²) < 4.78 is 0. The van der Waals surface area contributed by atoms with Crippen molar-refractivity contribution in [2.45, 2.75) is 27.7 Å². The minimum absolute atomic E-state index is 0.177. The molecule has 4 heteroatoms. The summed E-state index contributed by atoms with van der Waals surface area (Å²) in [5.41, 5.74) is 9.23. The van der Waals surface area contributed by atoms with Crippen LogP contribution >= 0.6 is 0 Å². The zero-order valence-corrected chi connectivity index (χ0v) is 14.1. The molecule has 2 N–H and O–H groups in total.